The van der Waals surface area contributed by atoms with Gasteiger partial charge in [0.25, 0.3) is 0 Å². The van der Waals surface area contributed by atoms with E-state index in [1.165, 1.54) is 14.2 Å². The predicted molar refractivity (Wildman–Crippen MR) is 52.1 cm³/mol. The number of dihydropyridines is 1. The summed E-state index contributed by atoms with van der Waals surface area (Å²) in [4.78, 5) is 15.4. The zero-order chi connectivity index (χ0) is 9.90. The molecular formula is C8H10BrNO3. The summed E-state index contributed by atoms with van der Waals surface area (Å²) >= 11 is 3.27. The SMILES string of the molecule is COC(=O)[C@@]1(Br)CN=CC=C1OC. The maximum Gasteiger partial charge on any atom is 0.332 e. The molecule has 1 aliphatic heterocycles. The van der Waals surface area contributed by atoms with E-state index >= 15 is 0 Å². The maximum absolute atomic E-state index is 11.4. The van der Waals surface area contributed by atoms with Gasteiger partial charge in [0.1, 0.15) is 5.76 Å². The van der Waals surface area contributed by atoms with Crippen LogP contribution in [0.3, 0.4) is 0 Å². The number of hydrogen-bond acceptors (Lipinski definition) is 4. The number of carbonyl (C=O) groups excluding carboxylic acids is 1. The van der Waals surface area contributed by atoms with Gasteiger partial charge in [-0.15, -0.1) is 0 Å². The van der Waals surface area contributed by atoms with Crippen molar-refractivity contribution in [3.63, 3.8) is 0 Å². The molecule has 0 N–H and O–H groups in total. The van der Waals surface area contributed by atoms with Crippen LogP contribution in [0.5, 0.6) is 0 Å². The molecule has 0 unspecified atom stereocenters. The topological polar surface area (TPSA) is 47.9 Å². The summed E-state index contributed by atoms with van der Waals surface area (Å²) < 4.78 is 8.74. The lowest BCUT2D eigenvalue weighted by molar-refractivity contribution is -0.142. The zero-order valence-corrected chi connectivity index (χ0v) is 9.00. The molecule has 0 aromatic rings. The zero-order valence-electron chi connectivity index (χ0n) is 7.41. The first-order valence-electron chi connectivity index (χ1n) is 3.67. The summed E-state index contributed by atoms with van der Waals surface area (Å²) in [6.45, 7) is 0.291. The Morgan fingerprint density at radius 2 is 2.38 bits per heavy atom. The molecule has 0 aromatic carbocycles. The Bertz CT molecular complexity index is 275. The summed E-state index contributed by atoms with van der Waals surface area (Å²) in [5.41, 5.74) is 0. The lowest BCUT2D eigenvalue weighted by atomic mass is 10.1. The van der Waals surface area contributed by atoms with Gasteiger partial charge in [-0.1, -0.05) is 15.9 Å². The van der Waals surface area contributed by atoms with Gasteiger partial charge in [-0.25, -0.2) is 4.79 Å². The van der Waals surface area contributed by atoms with Gasteiger partial charge in [0.05, 0.1) is 20.8 Å². The first kappa shape index (κ1) is 10.2. The number of carbonyl (C=O) groups is 1. The Morgan fingerprint density at radius 3 is 2.92 bits per heavy atom. The average Bonchev–Trinajstić information content (AvgIpc) is 2.17. The lowest BCUT2D eigenvalue weighted by Crippen LogP contribution is -2.40. The minimum atomic E-state index is -0.953. The molecule has 0 spiro atoms. The average molecular weight is 248 g/mol. The van der Waals surface area contributed by atoms with Crippen molar-refractivity contribution in [3.05, 3.63) is 11.8 Å². The Balaban J connectivity index is 2.95. The number of halogens is 1. The molecule has 0 fully saturated rings. The molecule has 0 aromatic heterocycles. The molecule has 13 heavy (non-hydrogen) atoms. The number of allylic oxidation sites excluding steroid dienone is 1. The normalized spacial score (nSPS) is 26.5. The number of ether oxygens (including phenoxy) is 2. The highest BCUT2D eigenvalue weighted by molar-refractivity contribution is 9.10. The number of hydrogen-bond donors (Lipinski definition) is 0. The van der Waals surface area contributed by atoms with E-state index in [9.17, 15) is 4.79 Å². The van der Waals surface area contributed by atoms with Gasteiger partial charge in [-0.05, 0) is 6.08 Å². The van der Waals surface area contributed by atoms with Crippen molar-refractivity contribution in [1.29, 1.82) is 0 Å². The van der Waals surface area contributed by atoms with Crippen LogP contribution in [0.25, 0.3) is 0 Å². The highest BCUT2D eigenvalue weighted by Gasteiger charge is 2.43. The highest BCUT2D eigenvalue weighted by Crippen LogP contribution is 2.31. The van der Waals surface area contributed by atoms with Crippen LogP contribution in [0, 0.1) is 0 Å². The summed E-state index contributed by atoms with van der Waals surface area (Å²) in [5, 5.41) is 0. The minimum Gasteiger partial charge on any atom is -0.499 e. The first-order valence-corrected chi connectivity index (χ1v) is 4.46. The highest BCUT2D eigenvalue weighted by atomic mass is 79.9. The fourth-order valence-corrected chi connectivity index (χ4v) is 1.67. The molecule has 1 rings (SSSR count). The van der Waals surface area contributed by atoms with Crippen LogP contribution in [0.15, 0.2) is 16.8 Å². The third kappa shape index (κ3) is 1.75. The molecule has 0 amide bonds. The quantitative estimate of drug-likeness (QED) is 0.539. The van der Waals surface area contributed by atoms with Crippen LogP contribution in [-0.4, -0.2) is 37.3 Å². The molecule has 4 nitrogen and oxygen atoms in total. The smallest absolute Gasteiger partial charge is 0.332 e. The summed E-state index contributed by atoms with van der Waals surface area (Å²) in [6, 6.07) is 0. The Labute approximate surface area is 84.7 Å². The second-order valence-electron chi connectivity index (χ2n) is 2.52. The fourth-order valence-electron chi connectivity index (χ4n) is 1.07. The Kier molecular flexibility index (Phi) is 3.08. The summed E-state index contributed by atoms with van der Waals surface area (Å²) in [7, 11) is 2.83. The van der Waals surface area contributed by atoms with Crippen molar-refractivity contribution in [2.45, 2.75) is 4.32 Å². The number of alkyl halides is 1. The largest absolute Gasteiger partial charge is 0.499 e. The second kappa shape index (κ2) is 3.91. The van der Waals surface area contributed by atoms with Gasteiger partial charge in [0.2, 0.25) is 0 Å². The monoisotopic (exact) mass is 247 g/mol. The third-order valence-corrected chi connectivity index (χ3v) is 2.73. The predicted octanol–water partition coefficient (Wildman–Crippen LogP) is 0.908. The van der Waals surface area contributed by atoms with E-state index < -0.39 is 10.3 Å². The first-order chi connectivity index (χ1) is 6.15. The van der Waals surface area contributed by atoms with Gasteiger partial charge in [-0.3, -0.25) is 4.99 Å². The van der Waals surface area contributed by atoms with Crippen molar-refractivity contribution in [2.75, 3.05) is 20.8 Å². The number of nitrogens with zero attached hydrogens (tertiary/aromatic N) is 1. The van der Waals surface area contributed by atoms with Crippen LogP contribution in [-0.2, 0) is 14.3 Å². The summed E-state index contributed by atoms with van der Waals surface area (Å²) in [6.07, 6.45) is 3.23. The van der Waals surface area contributed by atoms with Crippen LogP contribution in [0.1, 0.15) is 0 Å². The van der Waals surface area contributed by atoms with Crippen molar-refractivity contribution in [3.8, 4) is 0 Å². The number of methoxy groups -OCH3 is 2. The number of esters is 1. The molecule has 0 saturated heterocycles. The van der Waals surface area contributed by atoms with Gasteiger partial charge >= 0.3 is 5.97 Å². The number of rotatable bonds is 2. The van der Waals surface area contributed by atoms with Crippen LogP contribution >= 0.6 is 15.9 Å². The molecule has 0 aliphatic carbocycles. The molecule has 0 bridgehead atoms. The van der Waals surface area contributed by atoms with Gasteiger partial charge in [0.15, 0.2) is 4.32 Å². The van der Waals surface area contributed by atoms with E-state index in [2.05, 4.69) is 25.7 Å². The maximum atomic E-state index is 11.4. The van der Waals surface area contributed by atoms with E-state index in [0.29, 0.717) is 12.3 Å². The van der Waals surface area contributed by atoms with Crippen molar-refractivity contribution in [2.24, 2.45) is 4.99 Å². The molecule has 1 heterocycles. The Hall–Kier alpha value is -0.840. The van der Waals surface area contributed by atoms with E-state index in [1.807, 2.05) is 0 Å². The standard InChI is InChI=1S/C8H10BrNO3/c1-12-6-3-4-10-5-8(6,9)7(11)13-2/h3-4H,5H2,1-2H3/t8-/m1/s1. The molecule has 72 valence electrons. The lowest BCUT2D eigenvalue weighted by Gasteiger charge is -2.26. The Morgan fingerprint density at radius 1 is 1.69 bits per heavy atom. The van der Waals surface area contributed by atoms with Crippen LogP contribution < -0.4 is 0 Å². The molecule has 0 saturated carbocycles. The molecular weight excluding hydrogens is 238 g/mol. The van der Waals surface area contributed by atoms with Crippen LogP contribution in [0.4, 0.5) is 0 Å². The van der Waals surface area contributed by atoms with Gasteiger partial charge in [0, 0.05) is 6.21 Å². The second-order valence-corrected chi connectivity index (χ2v) is 3.87. The van der Waals surface area contributed by atoms with E-state index in [4.69, 9.17) is 4.74 Å². The number of aliphatic imine (C=N–C) groups is 1. The van der Waals surface area contributed by atoms with Gasteiger partial charge < -0.3 is 9.47 Å². The summed E-state index contributed by atoms with van der Waals surface area (Å²) in [5.74, 6) is 0.104. The van der Waals surface area contributed by atoms with Crippen molar-refractivity contribution < 1.29 is 14.3 Å². The van der Waals surface area contributed by atoms with Crippen molar-refractivity contribution >= 4 is 28.1 Å². The third-order valence-electron chi connectivity index (χ3n) is 1.76. The minimum absolute atomic E-state index is 0.291. The molecule has 1 atom stereocenters. The van der Waals surface area contributed by atoms with Gasteiger partial charge in [-0.2, -0.15) is 0 Å². The van der Waals surface area contributed by atoms with Crippen molar-refractivity contribution in [1.82, 2.24) is 0 Å². The van der Waals surface area contributed by atoms with E-state index in [0.717, 1.165) is 0 Å². The van der Waals surface area contributed by atoms with Crippen LogP contribution in [0.2, 0.25) is 0 Å². The van der Waals surface area contributed by atoms with E-state index in [1.54, 1.807) is 12.3 Å². The fraction of sp³-hybridized carbons (Fsp3) is 0.500. The molecule has 0 radical (unpaired) electrons. The van der Waals surface area contributed by atoms with E-state index in [-0.39, 0.29) is 0 Å². The molecule has 5 heteroatoms. The molecule has 1 aliphatic rings.